The Hall–Kier alpha value is -2.90. The molecule has 2 heterocycles. The number of thioether (sulfide) groups is 1. The van der Waals surface area contributed by atoms with E-state index in [4.69, 9.17) is 14.7 Å². The molecule has 1 N–H and O–H groups in total. The molecule has 0 spiro atoms. The summed E-state index contributed by atoms with van der Waals surface area (Å²) in [5.41, 5.74) is 2.94. The number of esters is 1. The zero-order chi connectivity index (χ0) is 21.8. The van der Waals surface area contributed by atoms with Crippen LogP contribution in [-0.2, 0) is 10.5 Å². The number of benzene rings is 2. The second-order valence-corrected chi connectivity index (χ2v) is 9.03. The van der Waals surface area contributed by atoms with Crippen LogP contribution >= 0.6 is 23.1 Å². The Balaban J connectivity index is 1.77. The van der Waals surface area contributed by atoms with Crippen molar-refractivity contribution in [2.24, 2.45) is 0 Å². The number of carbonyl (C=O) groups is 1. The van der Waals surface area contributed by atoms with Crippen LogP contribution in [0.3, 0.4) is 0 Å². The lowest BCUT2D eigenvalue weighted by atomic mass is 10.1. The number of fused-ring (bicyclic) bond motifs is 1. The number of aryl methyl sites for hydroxylation is 2. The van der Waals surface area contributed by atoms with Crippen molar-refractivity contribution in [3.8, 4) is 0 Å². The van der Waals surface area contributed by atoms with Gasteiger partial charge in [0.1, 0.15) is 21.3 Å². The van der Waals surface area contributed by atoms with E-state index in [0.29, 0.717) is 28.9 Å². The van der Waals surface area contributed by atoms with Gasteiger partial charge in [-0.3, -0.25) is 0 Å². The third-order valence-electron chi connectivity index (χ3n) is 4.81. The molecule has 2 aromatic heterocycles. The van der Waals surface area contributed by atoms with Crippen molar-refractivity contribution in [2.45, 2.75) is 31.4 Å². The average Bonchev–Trinajstić information content (AvgIpc) is 3.11. The average molecular weight is 450 g/mol. The molecule has 31 heavy (non-hydrogen) atoms. The van der Waals surface area contributed by atoms with E-state index in [2.05, 4.69) is 30.4 Å². The number of ether oxygens (including phenoxy) is 1. The largest absolute Gasteiger partial charge is 0.462 e. The van der Waals surface area contributed by atoms with Gasteiger partial charge in [-0.2, -0.15) is 0 Å². The molecule has 0 aliphatic rings. The number of nitrogens with one attached hydrogen (secondary N) is 1. The first-order valence-corrected chi connectivity index (χ1v) is 11.8. The van der Waals surface area contributed by atoms with E-state index in [-0.39, 0.29) is 5.97 Å². The molecule has 2 aromatic carbocycles. The molecule has 7 heteroatoms. The normalized spacial score (nSPS) is 10.9. The number of aromatic nitrogens is 2. The van der Waals surface area contributed by atoms with Crippen molar-refractivity contribution >= 4 is 50.8 Å². The van der Waals surface area contributed by atoms with E-state index in [1.165, 1.54) is 11.3 Å². The molecule has 0 unspecified atom stereocenters. The van der Waals surface area contributed by atoms with Crippen LogP contribution in [0, 0.1) is 13.8 Å². The zero-order valence-corrected chi connectivity index (χ0v) is 19.3. The second-order valence-electron chi connectivity index (χ2n) is 6.99. The van der Waals surface area contributed by atoms with E-state index in [0.717, 1.165) is 31.9 Å². The number of anilines is 2. The molecule has 5 nitrogen and oxygen atoms in total. The van der Waals surface area contributed by atoms with Crippen molar-refractivity contribution in [3.63, 3.8) is 0 Å². The molecule has 0 aliphatic heterocycles. The molecule has 0 atom stereocenters. The van der Waals surface area contributed by atoms with Gasteiger partial charge in [0, 0.05) is 10.6 Å². The molecule has 0 fully saturated rings. The van der Waals surface area contributed by atoms with Crippen LogP contribution in [0.4, 0.5) is 11.5 Å². The first kappa shape index (κ1) is 21.3. The van der Waals surface area contributed by atoms with Crippen molar-refractivity contribution in [3.05, 3.63) is 76.4 Å². The van der Waals surface area contributed by atoms with E-state index in [1.807, 2.05) is 50.2 Å². The van der Waals surface area contributed by atoms with E-state index in [1.54, 1.807) is 11.8 Å². The molecule has 0 bridgehead atoms. The predicted octanol–water partition coefficient (Wildman–Crippen LogP) is 6.52. The molecule has 0 aliphatic carbocycles. The molecule has 4 rings (SSSR count). The molecule has 0 saturated heterocycles. The Labute approximate surface area is 189 Å². The molecule has 0 amide bonds. The second kappa shape index (κ2) is 9.49. The van der Waals surface area contributed by atoms with Crippen molar-refractivity contribution in [1.82, 2.24) is 9.97 Å². The van der Waals surface area contributed by atoms with Gasteiger partial charge in [-0.05, 0) is 50.1 Å². The Morgan fingerprint density at radius 2 is 1.81 bits per heavy atom. The number of carbonyl (C=O) groups excluding carboxylic acids is 1. The van der Waals surface area contributed by atoms with E-state index in [9.17, 15) is 4.79 Å². The van der Waals surface area contributed by atoms with E-state index < -0.39 is 0 Å². The zero-order valence-electron chi connectivity index (χ0n) is 17.6. The smallest absolute Gasteiger partial charge is 0.348 e. The Bertz CT molecular complexity index is 1220. The lowest BCUT2D eigenvalue weighted by Crippen LogP contribution is -2.04. The lowest BCUT2D eigenvalue weighted by Gasteiger charge is -2.12. The van der Waals surface area contributed by atoms with Crippen LogP contribution in [0.25, 0.3) is 10.2 Å². The summed E-state index contributed by atoms with van der Waals surface area (Å²) in [5.74, 6) is 1.75. The predicted molar refractivity (Wildman–Crippen MR) is 129 cm³/mol. The maximum Gasteiger partial charge on any atom is 0.348 e. The molecular weight excluding hydrogens is 426 g/mol. The number of hydrogen-bond donors (Lipinski definition) is 1. The summed E-state index contributed by atoms with van der Waals surface area (Å²) in [6.45, 7) is 6.13. The standard InChI is InChI=1S/C24H23N3O2S2/c1-4-29-24(28)21-16(3)20-22(25-18-13-9-8-10-15(18)2)26-19(27-23(20)31-21)14-30-17-11-6-5-7-12-17/h5-13H,4,14H2,1-3H3,(H,25,26,27). The summed E-state index contributed by atoms with van der Waals surface area (Å²) in [4.78, 5) is 24.6. The third kappa shape index (κ3) is 4.73. The first-order chi connectivity index (χ1) is 15.1. The molecule has 0 saturated carbocycles. The fourth-order valence-corrected chi connectivity index (χ4v) is 5.10. The highest BCUT2D eigenvalue weighted by Crippen LogP contribution is 2.36. The van der Waals surface area contributed by atoms with E-state index >= 15 is 0 Å². The van der Waals surface area contributed by atoms with Gasteiger partial charge in [0.2, 0.25) is 0 Å². The van der Waals surface area contributed by atoms with Crippen molar-refractivity contribution in [2.75, 3.05) is 11.9 Å². The van der Waals surface area contributed by atoms with Crippen LogP contribution in [-0.4, -0.2) is 22.5 Å². The first-order valence-electron chi connectivity index (χ1n) is 10.0. The number of hydrogen-bond acceptors (Lipinski definition) is 7. The summed E-state index contributed by atoms with van der Waals surface area (Å²) >= 11 is 3.05. The summed E-state index contributed by atoms with van der Waals surface area (Å²) in [7, 11) is 0. The van der Waals surface area contributed by atoms with Crippen LogP contribution in [0.15, 0.2) is 59.5 Å². The highest BCUT2D eigenvalue weighted by atomic mass is 32.2. The minimum atomic E-state index is -0.315. The van der Waals surface area contributed by atoms with Gasteiger partial charge in [0.15, 0.2) is 0 Å². The molecule has 0 radical (unpaired) electrons. The molecule has 158 valence electrons. The number of nitrogens with zero attached hydrogens (tertiary/aromatic N) is 2. The quantitative estimate of drug-likeness (QED) is 0.256. The maximum absolute atomic E-state index is 12.5. The van der Waals surface area contributed by atoms with Gasteiger partial charge in [-0.1, -0.05) is 36.4 Å². The SMILES string of the molecule is CCOC(=O)c1sc2nc(CSc3ccccc3)nc(Nc3ccccc3C)c2c1C. The van der Waals surface area contributed by atoms with Crippen molar-refractivity contribution < 1.29 is 9.53 Å². The molecular formula is C24H23N3O2S2. The Kier molecular flexibility index (Phi) is 6.53. The Morgan fingerprint density at radius 3 is 2.55 bits per heavy atom. The highest BCUT2D eigenvalue weighted by Gasteiger charge is 2.22. The molecule has 4 aromatic rings. The Morgan fingerprint density at radius 1 is 1.06 bits per heavy atom. The fraction of sp³-hybridized carbons (Fsp3) is 0.208. The summed E-state index contributed by atoms with van der Waals surface area (Å²) < 4.78 is 5.25. The van der Waals surface area contributed by atoms with Gasteiger partial charge in [0.05, 0.1) is 17.7 Å². The lowest BCUT2D eigenvalue weighted by molar-refractivity contribution is 0.0531. The summed E-state index contributed by atoms with van der Waals surface area (Å²) in [6, 6.07) is 18.3. The highest BCUT2D eigenvalue weighted by molar-refractivity contribution is 7.98. The summed E-state index contributed by atoms with van der Waals surface area (Å²) in [5, 5.41) is 4.34. The van der Waals surface area contributed by atoms with Crippen LogP contribution in [0.1, 0.15) is 33.5 Å². The van der Waals surface area contributed by atoms with Crippen molar-refractivity contribution in [1.29, 1.82) is 0 Å². The number of rotatable bonds is 7. The van der Waals surface area contributed by atoms with Gasteiger partial charge < -0.3 is 10.1 Å². The van der Waals surface area contributed by atoms with Gasteiger partial charge in [-0.15, -0.1) is 23.1 Å². The maximum atomic E-state index is 12.5. The topological polar surface area (TPSA) is 64.1 Å². The van der Waals surface area contributed by atoms with Crippen LogP contribution in [0.5, 0.6) is 0 Å². The van der Waals surface area contributed by atoms with Crippen LogP contribution < -0.4 is 5.32 Å². The minimum absolute atomic E-state index is 0.315. The van der Waals surface area contributed by atoms with Gasteiger partial charge in [0.25, 0.3) is 0 Å². The number of para-hydroxylation sites is 1. The fourth-order valence-electron chi connectivity index (χ4n) is 3.23. The third-order valence-corrected chi connectivity index (χ3v) is 6.98. The van der Waals surface area contributed by atoms with Gasteiger partial charge in [-0.25, -0.2) is 14.8 Å². The monoisotopic (exact) mass is 449 g/mol. The minimum Gasteiger partial charge on any atom is -0.462 e. The van der Waals surface area contributed by atoms with Crippen LogP contribution in [0.2, 0.25) is 0 Å². The van der Waals surface area contributed by atoms with Gasteiger partial charge >= 0.3 is 5.97 Å². The number of thiophene rings is 1. The summed E-state index contributed by atoms with van der Waals surface area (Å²) in [6.07, 6.45) is 0.